The summed E-state index contributed by atoms with van der Waals surface area (Å²) < 4.78 is 37.9. The van der Waals surface area contributed by atoms with Crippen LogP contribution in [0.5, 0.6) is 5.75 Å². The highest BCUT2D eigenvalue weighted by Gasteiger charge is 2.15. The molecule has 0 aliphatic rings. The van der Waals surface area contributed by atoms with Crippen molar-refractivity contribution in [3.8, 4) is 17.2 Å². The molecule has 2 heterocycles. The molecule has 0 aliphatic heterocycles. The van der Waals surface area contributed by atoms with E-state index in [1.807, 2.05) is 6.92 Å². The lowest BCUT2D eigenvalue weighted by atomic mass is 10.3. The molecule has 3 aromatic rings. The fraction of sp³-hybridized carbons (Fsp3) is 0.235. The van der Waals surface area contributed by atoms with Gasteiger partial charge < -0.3 is 9.15 Å². The number of benzene rings is 1. The van der Waals surface area contributed by atoms with Gasteiger partial charge in [-0.3, -0.25) is 4.98 Å². The van der Waals surface area contributed by atoms with Crippen LogP contribution in [0.2, 0.25) is 0 Å². The first-order chi connectivity index (χ1) is 12.6. The van der Waals surface area contributed by atoms with Crippen LogP contribution in [0.4, 0.5) is 0 Å². The Bertz CT molecular complexity index is 940. The lowest BCUT2D eigenvalue weighted by molar-refractivity contribution is 0.340. The quantitative estimate of drug-likeness (QED) is 0.643. The van der Waals surface area contributed by atoms with Gasteiger partial charge in [0.05, 0.1) is 17.1 Å². The predicted octanol–water partition coefficient (Wildman–Crippen LogP) is 2.05. The van der Waals surface area contributed by atoms with Gasteiger partial charge in [0.25, 0.3) is 0 Å². The van der Waals surface area contributed by atoms with Crippen molar-refractivity contribution in [2.24, 2.45) is 0 Å². The van der Waals surface area contributed by atoms with E-state index in [4.69, 9.17) is 9.15 Å². The maximum absolute atomic E-state index is 12.3. The van der Waals surface area contributed by atoms with Gasteiger partial charge >= 0.3 is 0 Å². The summed E-state index contributed by atoms with van der Waals surface area (Å²) >= 11 is 0. The van der Waals surface area contributed by atoms with E-state index in [2.05, 4.69) is 19.9 Å². The Morgan fingerprint density at radius 3 is 2.65 bits per heavy atom. The Labute approximate surface area is 151 Å². The van der Waals surface area contributed by atoms with Crippen molar-refractivity contribution in [1.29, 1.82) is 0 Å². The fourth-order valence-corrected chi connectivity index (χ4v) is 3.25. The van der Waals surface area contributed by atoms with E-state index in [1.54, 1.807) is 36.7 Å². The summed E-state index contributed by atoms with van der Waals surface area (Å²) in [5.41, 5.74) is 0.709. The van der Waals surface area contributed by atoms with Crippen LogP contribution in [0.3, 0.4) is 0 Å². The Balaban J connectivity index is 1.58. The van der Waals surface area contributed by atoms with Crippen LogP contribution in [-0.4, -0.2) is 36.8 Å². The molecule has 0 amide bonds. The van der Waals surface area contributed by atoms with Gasteiger partial charge in [0.2, 0.25) is 21.8 Å². The molecule has 8 nitrogen and oxygen atoms in total. The predicted molar refractivity (Wildman–Crippen MR) is 94.0 cm³/mol. The van der Waals surface area contributed by atoms with Crippen molar-refractivity contribution in [3.05, 3.63) is 54.7 Å². The second kappa shape index (κ2) is 8.07. The van der Waals surface area contributed by atoms with Gasteiger partial charge in [0.1, 0.15) is 5.75 Å². The summed E-state index contributed by atoms with van der Waals surface area (Å²) in [7, 11) is -3.61. The van der Waals surface area contributed by atoms with E-state index in [9.17, 15) is 8.42 Å². The monoisotopic (exact) mass is 374 g/mol. The summed E-state index contributed by atoms with van der Waals surface area (Å²) in [5.74, 6) is 1.32. The summed E-state index contributed by atoms with van der Waals surface area (Å²) in [6.45, 7) is 2.53. The molecule has 0 saturated heterocycles. The van der Waals surface area contributed by atoms with Crippen LogP contribution >= 0.6 is 0 Å². The SMILES string of the molecule is CCOc1ccc(S(=O)(=O)NCCc2nnc(-c3cccnc3)o2)cc1. The van der Waals surface area contributed by atoms with E-state index in [0.29, 0.717) is 29.7 Å². The number of aromatic nitrogens is 3. The molecule has 0 spiro atoms. The van der Waals surface area contributed by atoms with Gasteiger partial charge in [-0.25, -0.2) is 13.1 Å². The number of rotatable bonds is 8. The first kappa shape index (κ1) is 18.0. The van der Waals surface area contributed by atoms with Crippen molar-refractivity contribution in [2.45, 2.75) is 18.2 Å². The lowest BCUT2D eigenvalue weighted by Crippen LogP contribution is -2.26. The highest BCUT2D eigenvalue weighted by atomic mass is 32.2. The third-order valence-electron chi connectivity index (χ3n) is 3.45. The Hall–Kier alpha value is -2.78. The summed E-state index contributed by atoms with van der Waals surface area (Å²) in [6, 6.07) is 9.82. The standard InChI is InChI=1S/C17H18N4O4S/c1-2-24-14-5-7-15(8-6-14)26(22,23)19-11-9-16-20-21-17(25-16)13-4-3-10-18-12-13/h3-8,10,12,19H,2,9,11H2,1H3. The van der Waals surface area contributed by atoms with Crippen LogP contribution < -0.4 is 9.46 Å². The zero-order valence-corrected chi connectivity index (χ0v) is 14.9. The maximum atomic E-state index is 12.3. The molecule has 0 unspecified atom stereocenters. The van der Waals surface area contributed by atoms with Crippen molar-refractivity contribution in [1.82, 2.24) is 19.9 Å². The van der Waals surface area contributed by atoms with Gasteiger partial charge in [-0.15, -0.1) is 10.2 Å². The van der Waals surface area contributed by atoms with E-state index < -0.39 is 10.0 Å². The van der Waals surface area contributed by atoms with Gasteiger partial charge in [0, 0.05) is 25.4 Å². The van der Waals surface area contributed by atoms with E-state index in [0.717, 1.165) is 0 Å². The zero-order chi connectivity index (χ0) is 18.4. The average Bonchev–Trinajstić information content (AvgIpc) is 3.12. The van der Waals surface area contributed by atoms with Crippen LogP contribution in [0.25, 0.3) is 11.5 Å². The van der Waals surface area contributed by atoms with Gasteiger partial charge in [-0.1, -0.05) is 0 Å². The van der Waals surface area contributed by atoms with Gasteiger partial charge in [0.15, 0.2) is 0 Å². The minimum absolute atomic E-state index is 0.143. The van der Waals surface area contributed by atoms with Crippen molar-refractivity contribution < 1.29 is 17.6 Å². The molecule has 0 atom stereocenters. The lowest BCUT2D eigenvalue weighted by Gasteiger charge is -2.07. The van der Waals surface area contributed by atoms with E-state index in [-0.39, 0.29) is 17.9 Å². The molecule has 0 fully saturated rings. The van der Waals surface area contributed by atoms with Crippen LogP contribution in [0, 0.1) is 0 Å². The first-order valence-corrected chi connectivity index (χ1v) is 9.52. The van der Waals surface area contributed by atoms with E-state index >= 15 is 0 Å². The largest absolute Gasteiger partial charge is 0.494 e. The molecule has 0 bridgehead atoms. The number of ether oxygens (including phenoxy) is 1. The number of hydrogen-bond acceptors (Lipinski definition) is 7. The molecule has 0 aliphatic carbocycles. The Kier molecular flexibility index (Phi) is 5.59. The third-order valence-corrected chi connectivity index (χ3v) is 4.93. The molecule has 1 aromatic carbocycles. The second-order valence-corrected chi connectivity index (χ2v) is 7.06. The van der Waals surface area contributed by atoms with Gasteiger partial charge in [-0.05, 0) is 43.3 Å². The molecule has 26 heavy (non-hydrogen) atoms. The molecule has 9 heteroatoms. The summed E-state index contributed by atoms with van der Waals surface area (Å²) in [4.78, 5) is 4.16. The minimum atomic E-state index is -3.61. The van der Waals surface area contributed by atoms with Crippen LogP contribution in [0.15, 0.2) is 58.1 Å². The summed E-state index contributed by atoms with van der Waals surface area (Å²) in [5, 5.41) is 7.86. The Morgan fingerprint density at radius 2 is 1.96 bits per heavy atom. The highest BCUT2D eigenvalue weighted by molar-refractivity contribution is 7.89. The van der Waals surface area contributed by atoms with Crippen molar-refractivity contribution in [3.63, 3.8) is 0 Å². The smallest absolute Gasteiger partial charge is 0.249 e. The number of nitrogens with zero attached hydrogens (tertiary/aromatic N) is 3. The number of sulfonamides is 1. The molecule has 1 N–H and O–H groups in total. The molecule has 0 radical (unpaired) electrons. The molecule has 136 valence electrons. The molecular formula is C17H18N4O4S. The number of hydrogen-bond donors (Lipinski definition) is 1. The molecule has 3 rings (SSSR count). The van der Waals surface area contributed by atoms with Gasteiger partial charge in [-0.2, -0.15) is 0 Å². The topological polar surface area (TPSA) is 107 Å². The van der Waals surface area contributed by atoms with Crippen LogP contribution in [0.1, 0.15) is 12.8 Å². The molecule has 0 saturated carbocycles. The average molecular weight is 374 g/mol. The van der Waals surface area contributed by atoms with E-state index in [1.165, 1.54) is 12.1 Å². The number of nitrogens with one attached hydrogen (secondary N) is 1. The van der Waals surface area contributed by atoms with Crippen LogP contribution in [-0.2, 0) is 16.4 Å². The van der Waals surface area contributed by atoms with Crippen molar-refractivity contribution in [2.75, 3.05) is 13.2 Å². The second-order valence-electron chi connectivity index (χ2n) is 5.29. The van der Waals surface area contributed by atoms with Crippen molar-refractivity contribution >= 4 is 10.0 Å². The maximum Gasteiger partial charge on any atom is 0.249 e. The fourth-order valence-electron chi connectivity index (χ4n) is 2.22. The number of pyridine rings is 1. The molecule has 2 aromatic heterocycles. The Morgan fingerprint density at radius 1 is 1.15 bits per heavy atom. The minimum Gasteiger partial charge on any atom is -0.494 e. The third kappa shape index (κ3) is 4.44. The zero-order valence-electron chi connectivity index (χ0n) is 14.1. The highest BCUT2D eigenvalue weighted by Crippen LogP contribution is 2.17. The first-order valence-electron chi connectivity index (χ1n) is 8.04. The molecular weight excluding hydrogens is 356 g/mol. The summed E-state index contributed by atoms with van der Waals surface area (Å²) in [6.07, 6.45) is 3.55. The normalized spacial score (nSPS) is 11.4.